The highest BCUT2D eigenvalue weighted by molar-refractivity contribution is 7.89. The topological polar surface area (TPSA) is 88.4 Å². The summed E-state index contributed by atoms with van der Waals surface area (Å²) >= 11 is 0. The number of amides is 1. The maximum atomic E-state index is 11.8. The summed E-state index contributed by atoms with van der Waals surface area (Å²) in [6.45, 7) is 5.15. The molecule has 0 unspecified atom stereocenters. The summed E-state index contributed by atoms with van der Waals surface area (Å²) in [6, 6.07) is 2.56. The fourth-order valence-corrected chi connectivity index (χ4v) is 2.52. The average molecular weight is 260 g/mol. The minimum Gasteiger partial charge on any atom is -0.438 e. The Morgan fingerprint density at radius 1 is 1.29 bits per heavy atom. The summed E-state index contributed by atoms with van der Waals surface area (Å²) in [5, 5.41) is 2.07. The highest BCUT2D eigenvalue weighted by Crippen LogP contribution is 2.16. The maximum Gasteiger partial charge on any atom is 0.286 e. The van der Waals surface area contributed by atoms with Crippen molar-refractivity contribution in [1.82, 2.24) is 10.0 Å². The van der Waals surface area contributed by atoms with Crippen molar-refractivity contribution in [2.45, 2.75) is 31.4 Å². The van der Waals surface area contributed by atoms with Gasteiger partial charge in [0.1, 0.15) is 0 Å². The van der Waals surface area contributed by atoms with Gasteiger partial charge in [0.25, 0.3) is 15.9 Å². The first kappa shape index (κ1) is 13.7. The smallest absolute Gasteiger partial charge is 0.286 e. The van der Waals surface area contributed by atoms with E-state index in [1.807, 2.05) is 0 Å². The zero-order chi connectivity index (χ0) is 13.3. The normalized spacial score (nSPS) is 12.5. The molecule has 1 aromatic rings. The third-order valence-electron chi connectivity index (χ3n) is 1.74. The number of sulfonamides is 1. The Morgan fingerprint density at radius 2 is 1.88 bits per heavy atom. The van der Waals surface area contributed by atoms with Crippen LogP contribution in [0.2, 0.25) is 0 Å². The van der Waals surface area contributed by atoms with Gasteiger partial charge in [-0.25, -0.2) is 13.1 Å². The molecule has 96 valence electrons. The molecule has 0 aliphatic carbocycles. The van der Waals surface area contributed by atoms with E-state index in [0.717, 1.165) is 0 Å². The molecule has 0 atom stereocenters. The van der Waals surface area contributed by atoms with Crippen LogP contribution < -0.4 is 10.0 Å². The number of hydrogen-bond donors (Lipinski definition) is 2. The molecular weight excluding hydrogens is 244 g/mol. The third kappa shape index (κ3) is 3.57. The van der Waals surface area contributed by atoms with E-state index in [2.05, 4.69) is 10.0 Å². The molecule has 0 radical (unpaired) electrons. The van der Waals surface area contributed by atoms with E-state index in [0.29, 0.717) is 0 Å². The van der Waals surface area contributed by atoms with Crippen LogP contribution >= 0.6 is 0 Å². The van der Waals surface area contributed by atoms with Gasteiger partial charge in [0.05, 0.1) is 0 Å². The third-order valence-corrected chi connectivity index (χ3v) is 3.37. The van der Waals surface area contributed by atoms with Gasteiger partial charge in [-0.15, -0.1) is 0 Å². The summed E-state index contributed by atoms with van der Waals surface area (Å²) in [7, 11) is -2.30. The molecule has 1 heterocycles. The fraction of sp³-hybridized carbons (Fsp3) is 0.500. The molecule has 0 fully saturated rings. The van der Waals surface area contributed by atoms with Crippen molar-refractivity contribution >= 4 is 15.9 Å². The number of nitrogens with one attached hydrogen (secondary N) is 2. The van der Waals surface area contributed by atoms with E-state index in [4.69, 9.17) is 4.42 Å². The highest BCUT2D eigenvalue weighted by Gasteiger charge is 2.25. The quantitative estimate of drug-likeness (QED) is 0.838. The van der Waals surface area contributed by atoms with Gasteiger partial charge >= 0.3 is 0 Å². The second-order valence-corrected chi connectivity index (χ2v) is 6.17. The Bertz CT molecular complexity index is 511. The van der Waals surface area contributed by atoms with E-state index in [1.54, 1.807) is 20.8 Å². The van der Waals surface area contributed by atoms with E-state index in [1.165, 1.54) is 19.2 Å². The molecule has 17 heavy (non-hydrogen) atoms. The van der Waals surface area contributed by atoms with Crippen LogP contribution in [-0.2, 0) is 10.0 Å². The van der Waals surface area contributed by atoms with Crippen molar-refractivity contribution in [1.29, 1.82) is 0 Å². The van der Waals surface area contributed by atoms with E-state index < -0.39 is 21.5 Å². The van der Waals surface area contributed by atoms with Crippen molar-refractivity contribution in [3.8, 4) is 0 Å². The van der Waals surface area contributed by atoms with E-state index in [9.17, 15) is 13.2 Å². The SMILES string of the molecule is CNC(=O)c1ccc(S(=O)(=O)NC(C)(C)C)o1. The Morgan fingerprint density at radius 3 is 2.35 bits per heavy atom. The molecule has 2 N–H and O–H groups in total. The molecule has 6 nitrogen and oxygen atoms in total. The first-order chi connectivity index (χ1) is 7.65. The van der Waals surface area contributed by atoms with Gasteiger partial charge in [-0.1, -0.05) is 0 Å². The van der Waals surface area contributed by atoms with Gasteiger partial charge in [-0.3, -0.25) is 4.79 Å². The summed E-state index contributed by atoms with van der Waals surface area (Å²) in [6.07, 6.45) is 0. The van der Waals surface area contributed by atoms with E-state index in [-0.39, 0.29) is 10.9 Å². The average Bonchev–Trinajstić information content (AvgIpc) is 2.62. The molecule has 0 aromatic carbocycles. The molecule has 1 aromatic heterocycles. The van der Waals surface area contributed by atoms with Crippen LogP contribution in [-0.4, -0.2) is 26.9 Å². The molecule has 0 aliphatic rings. The van der Waals surface area contributed by atoms with Crippen LogP contribution in [0.4, 0.5) is 0 Å². The molecule has 1 amide bonds. The highest BCUT2D eigenvalue weighted by atomic mass is 32.2. The van der Waals surface area contributed by atoms with Gasteiger partial charge in [0.2, 0.25) is 5.09 Å². The monoisotopic (exact) mass is 260 g/mol. The lowest BCUT2D eigenvalue weighted by Crippen LogP contribution is -2.40. The van der Waals surface area contributed by atoms with Crippen LogP contribution in [0.3, 0.4) is 0 Å². The summed E-state index contributed by atoms with van der Waals surface area (Å²) in [5.74, 6) is -0.510. The molecule has 0 spiro atoms. The second kappa shape index (κ2) is 4.50. The first-order valence-corrected chi connectivity index (χ1v) is 6.50. The van der Waals surface area contributed by atoms with Crippen LogP contribution in [0.15, 0.2) is 21.6 Å². The molecule has 0 aliphatic heterocycles. The Balaban J connectivity index is 3.01. The van der Waals surface area contributed by atoms with Crippen molar-refractivity contribution in [3.05, 3.63) is 17.9 Å². The lowest BCUT2D eigenvalue weighted by molar-refractivity contribution is 0.0930. The number of rotatable bonds is 3. The molecule has 7 heteroatoms. The molecule has 1 rings (SSSR count). The number of hydrogen-bond acceptors (Lipinski definition) is 4. The predicted octanol–water partition coefficient (Wildman–Crippen LogP) is 0.716. The van der Waals surface area contributed by atoms with Crippen LogP contribution in [0.5, 0.6) is 0 Å². The second-order valence-electron chi connectivity index (χ2n) is 4.55. The van der Waals surface area contributed by atoms with Crippen molar-refractivity contribution in [2.75, 3.05) is 7.05 Å². The minimum atomic E-state index is -3.74. The predicted molar refractivity (Wildman–Crippen MR) is 62.2 cm³/mol. The zero-order valence-electron chi connectivity index (χ0n) is 10.2. The Kier molecular flexibility index (Phi) is 3.63. The fourth-order valence-electron chi connectivity index (χ4n) is 1.16. The number of furan rings is 1. The Hall–Kier alpha value is -1.34. The standard InChI is InChI=1S/C10H16N2O4S/c1-10(2,3)12-17(14,15)8-6-5-7(16-8)9(13)11-4/h5-6,12H,1-4H3,(H,11,13). The van der Waals surface area contributed by atoms with Gasteiger partial charge < -0.3 is 9.73 Å². The summed E-state index contributed by atoms with van der Waals surface area (Å²) in [4.78, 5) is 11.2. The van der Waals surface area contributed by atoms with Gasteiger partial charge in [0.15, 0.2) is 5.76 Å². The summed E-state index contributed by atoms with van der Waals surface area (Å²) in [5.41, 5.74) is -0.612. The number of carbonyl (C=O) groups is 1. The van der Waals surface area contributed by atoms with E-state index >= 15 is 0 Å². The van der Waals surface area contributed by atoms with Gasteiger partial charge in [-0.05, 0) is 32.9 Å². The largest absolute Gasteiger partial charge is 0.438 e. The Labute approximate surface area is 100 Å². The lowest BCUT2D eigenvalue weighted by Gasteiger charge is -2.18. The molecular formula is C10H16N2O4S. The lowest BCUT2D eigenvalue weighted by atomic mass is 10.1. The van der Waals surface area contributed by atoms with Crippen molar-refractivity contribution in [3.63, 3.8) is 0 Å². The first-order valence-electron chi connectivity index (χ1n) is 5.01. The van der Waals surface area contributed by atoms with Crippen molar-refractivity contribution < 1.29 is 17.6 Å². The van der Waals surface area contributed by atoms with Crippen LogP contribution in [0.25, 0.3) is 0 Å². The van der Waals surface area contributed by atoms with Gasteiger partial charge in [-0.2, -0.15) is 0 Å². The molecule has 0 bridgehead atoms. The molecule has 0 saturated heterocycles. The zero-order valence-corrected chi connectivity index (χ0v) is 11.0. The van der Waals surface area contributed by atoms with Crippen LogP contribution in [0, 0.1) is 0 Å². The van der Waals surface area contributed by atoms with Crippen molar-refractivity contribution in [2.24, 2.45) is 0 Å². The minimum absolute atomic E-state index is 0.0400. The number of carbonyl (C=O) groups excluding carboxylic acids is 1. The summed E-state index contributed by atoms with van der Waals surface area (Å²) < 4.78 is 31.1. The van der Waals surface area contributed by atoms with Gasteiger partial charge in [0, 0.05) is 12.6 Å². The van der Waals surface area contributed by atoms with Crippen LogP contribution in [0.1, 0.15) is 31.3 Å². The maximum absolute atomic E-state index is 11.8. The molecule has 0 saturated carbocycles.